The van der Waals surface area contributed by atoms with E-state index < -0.39 is 12.0 Å². The van der Waals surface area contributed by atoms with E-state index in [4.69, 9.17) is 0 Å². The number of rotatable bonds is 8. The molecule has 23 heavy (non-hydrogen) atoms. The Hall–Kier alpha value is -2.30. The highest BCUT2D eigenvalue weighted by molar-refractivity contribution is 5.84. The van der Waals surface area contributed by atoms with Crippen molar-refractivity contribution in [2.75, 3.05) is 0 Å². The molecule has 0 aliphatic rings. The summed E-state index contributed by atoms with van der Waals surface area (Å²) in [5.74, 6) is -1.24. The molecular formula is C18H24N2O3. The number of nitrogens with one attached hydrogen (secondary N) is 2. The predicted octanol–water partition coefficient (Wildman–Crippen LogP) is 3.11. The first-order chi connectivity index (χ1) is 11.0. The second kappa shape index (κ2) is 7.81. The van der Waals surface area contributed by atoms with Crippen molar-refractivity contribution in [3.63, 3.8) is 0 Å². The number of amides is 1. The van der Waals surface area contributed by atoms with Crippen molar-refractivity contribution in [1.29, 1.82) is 0 Å². The highest BCUT2D eigenvalue weighted by Gasteiger charge is 2.24. The fraction of sp³-hybridized carbons (Fsp3) is 0.444. The molecule has 3 N–H and O–H groups in total. The van der Waals surface area contributed by atoms with Crippen LogP contribution >= 0.6 is 0 Å². The largest absolute Gasteiger partial charge is 0.480 e. The normalized spacial score (nSPS) is 13.7. The third kappa shape index (κ3) is 4.34. The number of fused-ring (bicyclic) bond motifs is 1. The maximum absolute atomic E-state index is 12.0. The molecule has 1 aromatic carbocycles. The zero-order valence-corrected chi connectivity index (χ0v) is 13.6. The van der Waals surface area contributed by atoms with Crippen molar-refractivity contribution in [3.05, 3.63) is 36.0 Å². The molecule has 2 aromatic rings. The van der Waals surface area contributed by atoms with E-state index in [1.807, 2.05) is 38.2 Å². The fourth-order valence-electron chi connectivity index (χ4n) is 2.71. The summed E-state index contributed by atoms with van der Waals surface area (Å²) in [5, 5.41) is 13.0. The highest BCUT2D eigenvalue weighted by atomic mass is 16.4. The number of benzene rings is 1. The van der Waals surface area contributed by atoms with Gasteiger partial charge in [0.15, 0.2) is 0 Å². The minimum absolute atomic E-state index is 0.0786. The summed E-state index contributed by atoms with van der Waals surface area (Å²) in [6.07, 6.45) is 4.51. The van der Waals surface area contributed by atoms with Crippen LogP contribution < -0.4 is 5.32 Å². The van der Waals surface area contributed by atoms with E-state index in [0.29, 0.717) is 19.3 Å². The van der Waals surface area contributed by atoms with E-state index in [1.54, 1.807) is 0 Å². The number of aromatic amines is 1. The molecule has 0 radical (unpaired) electrons. The molecule has 2 atom stereocenters. The molecular weight excluding hydrogens is 292 g/mol. The Morgan fingerprint density at radius 1 is 1.30 bits per heavy atom. The summed E-state index contributed by atoms with van der Waals surface area (Å²) in [7, 11) is 0. The number of hydrogen-bond donors (Lipinski definition) is 3. The molecule has 124 valence electrons. The van der Waals surface area contributed by atoms with Crippen LogP contribution in [0, 0.1) is 5.92 Å². The van der Waals surface area contributed by atoms with Gasteiger partial charge >= 0.3 is 5.97 Å². The lowest BCUT2D eigenvalue weighted by Gasteiger charge is -2.20. The topological polar surface area (TPSA) is 82.2 Å². The van der Waals surface area contributed by atoms with Crippen molar-refractivity contribution >= 4 is 22.8 Å². The van der Waals surface area contributed by atoms with Gasteiger partial charge in [-0.05, 0) is 30.4 Å². The first-order valence-corrected chi connectivity index (χ1v) is 8.10. The van der Waals surface area contributed by atoms with E-state index in [0.717, 1.165) is 11.9 Å². The fourth-order valence-corrected chi connectivity index (χ4v) is 2.71. The summed E-state index contributed by atoms with van der Waals surface area (Å²) in [4.78, 5) is 26.4. The molecule has 5 heteroatoms. The van der Waals surface area contributed by atoms with Gasteiger partial charge in [-0.2, -0.15) is 0 Å². The molecule has 1 heterocycles. The minimum atomic E-state index is -0.968. The van der Waals surface area contributed by atoms with Crippen LogP contribution in [0.4, 0.5) is 0 Å². The number of para-hydroxylation sites is 1. The lowest BCUT2D eigenvalue weighted by molar-refractivity contribution is -0.143. The van der Waals surface area contributed by atoms with Gasteiger partial charge < -0.3 is 15.4 Å². The van der Waals surface area contributed by atoms with Crippen molar-refractivity contribution in [2.45, 2.75) is 45.6 Å². The number of carboxylic acid groups (broad SMARTS) is 1. The first-order valence-electron chi connectivity index (χ1n) is 8.10. The number of aryl methyl sites for hydroxylation is 1. The third-order valence-electron chi connectivity index (χ3n) is 4.32. The van der Waals surface area contributed by atoms with Gasteiger partial charge in [0.25, 0.3) is 0 Å². The second-order valence-corrected chi connectivity index (χ2v) is 5.98. The van der Waals surface area contributed by atoms with Crippen molar-refractivity contribution in [1.82, 2.24) is 10.3 Å². The average Bonchev–Trinajstić information content (AvgIpc) is 2.95. The minimum Gasteiger partial charge on any atom is -0.480 e. The molecule has 0 saturated carbocycles. The van der Waals surface area contributed by atoms with Crippen molar-refractivity contribution in [2.24, 2.45) is 5.92 Å². The second-order valence-electron chi connectivity index (χ2n) is 5.98. The number of hydrogen-bond acceptors (Lipinski definition) is 2. The zero-order valence-electron chi connectivity index (χ0n) is 13.6. The van der Waals surface area contributed by atoms with Gasteiger partial charge in [-0.1, -0.05) is 38.5 Å². The van der Waals surface area contributed by atoms with Crippen LogP contribution in [0.25, 0.3) is 10.9 Å². The van der Waals surface area contributed by atoms with E-state index in [2.05, 4.69) is 16.4 Å². The lowest BCUT2D eigenvalue weighted by Crippen LogP contribution is -2.44. The van der Waals surface area contributed by atoms with E-state index >= 15 is 0 Å². The number of H-pyrrole nitrogens is 1. The van der Waals surface area contributed by atoms with Crippen LogP contribution in [0.15, 0.2) is 30.5 Å². The Bertz CT molecular complexity index is 678. The lowest BCUT2D eigenvalue weighted by atomic mass is 9.99. The molecule has 2 rings (SSSR count). The number of aliphatic carboxylic acids is 1. The van der Waals surface area contributed by atoms with Crippen LogP contribution in [0.3, 0.4) is 0 Å². The maximum Gasteiger partial charge on any atom is 0.326 e. The van der Waals surface area contributed by atoms with Gasteiger partial charge in [-0.25, -0.2) is 4.79 Å². The van der Waals surface area contributed by atoms with Gasteiger partial charge in [0, 0.05) is 23.5 Å². The van der Waals surface area contributed by atoms with Crippen LogP contribution in [-0.4, -0.2) is 28.0 Å². The summed E-state index contributed by atoms with van der Waals surface area (Å²) in [6, 6.07) is 7.26. The van der Waals surface area contributed by atoms with Gasteiger partial charge in [0.05, 0.1) is 0 Å². The zero-order chi connectivity index (χ0) is 16.8. The monoisotopic (exact) mass is 316 g/mol. The molecule has 0 unspecified atom stereocenters. The molecule has 0 spiro atoms. The van der Waals surface area contributed by atoms with Gasteiger partial charge in [-0.3, -0.25) is 4.79 Å². The molecule has 0 aliphatic carbocycles. The average molecular weight is 316 g/mol. The quantitative estimate of drug-likeness (QED) is 0.700. The maximum atomic E-state index is 12.0. The third-order valence-corrected chi connectivity index (χ3v) is 4.32. The predicted molar refractivity (Wildman–Crippen MR) is 90.3 cm³/mol. The van der Waals surface area contributed by atoms with Crippen LogP contribution in [0.2, 0.25) is 0 Å². The summed E-state index contributed by atoms with van der Waals surface area (Å²) in [5.41, 5.74) is 2.28. The number of carboxylic acids is 1. The Labute approximate surface area is 136 Å². The molecule has 0 saturated heterocycles. The Balaban J connectivity index is 1.86. The summed E-state index contributed by atoms with van der Waals surface area (Å²) in [6.45, 7) is 3.76. The number of aromatic nitrogens is 1. The molecule has 1 aromatic heterocycles. The smallest absolute Gasteiger partial charge is 0.326 e. The molecule has 0 bridgehead atoms. The molecule has 0 fully saturated rings. The number of carbonyl (C=O) groups excluding carboxylic acids is 1. The Morgan fingerprint density at radius 2 is 2.04 bits per heavy atom. The van der Waals surface area contributed by atoms with E-state index in [-0.39, 0.29) is 11.8 Å². The Morgan fingerprint density at radius 3 is 2.74 bits per heavy atom. The van der Waals surface area contributed by atoms with Gasteiger partial charge in [-0.15, -0.1) is 0 Å². The summed E-state index contributed by atoms with van der Waals surface area (Å²) >= 11 is 0. The summed E-state index contributed by atoms with van der Waals surface area (Å²) < 4.78 is 0. The van der Waals surface area contributed by atoms with Crippen molar-refractivity contribution < 1.29 is 14.7 Å². The molecule has 1 amide bonds. The molecule has 5 nitrogen and oxygen atoms in total. The van der Waals surface area contributed by atoms with E-state index in [9.17, 15) is 14.7 Å². The van der Waals surface area contributed by atoms with Crippen molar-refractivity contribution in [3.8, 4) is 0 Å². The standard InChI is InChI=1S/C18H24N2O3/c1-3-12(2)17(18(22)23)20-16(21)10-6-7-13-11-19-15-9-5-4-8-14(13)15/h4-5,8-9,11-12,17,19H,3,6-7,10H2,1-2H3,(H,20,21)(H,22,23)/t12-,17-/m1/s1. The van der Waals surface area contributed by atoms with E-state index in [1.165, 1.54) is 10.9 Å². The van der Waals surface area contributed by atoms with Crippen LogP contribution in [0.1, 0.15) is 38.7 Å². The number of carbonyl (C=O) groups is 2. The SMILES string of the molecule is CC[C@@H](C)[C@@H](NC(=O)CCCc1c[nH]c2ccccc12)C(=O)O. The molecule has 0 aliphatic heterocycles. The highest BCUT2D eigenvalue weighted by Crippen LogP contribution is 2.19. The van der Waals surface area contributed by atoms with Gasteiger partial charge in [0.1, 0.15) is 6.04 Å². The first kappa shape index (κ1) is 17.1. The van der Waals surface area contributed by atoms with Crippen LogP contribution in [0.5, 0.6) is 0 Å². The Kier molecular flexibility index (Phi) is 5.79. The van der Waals surface area contributed by atoms with Gasteiger partial charge in [0.2, 0.25) is 5.91 Å². The van der Waals surface area contributed by atoms with Crippen LogP contribution in [-0.2, 0) is 16.0 Å².